The molecule has 2 amide bonds. The molecule has 3 rings (SSSR count). The van der Waals surface area contributed by atoms with Crippen molar-refractivity contribution in [1.29, 1.82) is 0 Å². The van der Waals surface area contributed by atoms with Crippen LogP contribution in [0.5, 0.6) is 0 Å². The van der Waals surface area contributed by atoms with Gasteiger partial charge in [-0.3, -0.25) is 9.59 Å². The molecule has 1 N–H and O–H groups in total. The van der Waals surface area contributed by atoms with Crippen LogP contribution in [0.3, 0.4) is 0 Å². The number of amides is 2. The quantitative estimate of drug-likeness (QED) is 0.464. The van der Waals surface area contributed by atoms with Gasteiger partial charge in [-0.1, -0.05) is 70.5 Å². The number of fused-ring (bicyclic) bond motifs is 1. The van der Waals surface area contributed by atoms with Gasteiger partial charge in [0, 0.05) is 23.5 Å². The second-order valence-corrected chi connectivity index (χ2v) is 9.04. The summed E-state index contributed by atoms with van der Waals surface area (Å²) < 4.78 is 0.982. The highest BCUT2D eigenvalue weighted by Gasteiger charge is 2.26. The van der Waals surface area contributed by atoms with E-state index in [1.54, 1.807) is 11.8 Å². The van der Waals surface area contributed by atoms with Crippen molar-refractivity contribution in [3.05, 3.63) is 82.3 Å². The van der Waals surface area contributed by atoms with E-state index < -0.39 is 6.04 Å². The molecule has 31 heavy (non-hydrogen) atoms. The Labute approximate surface area is 192 Å². The number of carbonyl (C=O) groups excluding carboxylic acids is 2. The summed E-state index contributed by atoms with van der Waals surface area (Å²) in [6, 6.07) is 21.7. The molecule has 1 atom stereocenters. The molecule has 0 aliphatic heterocycles. The minimum absolute atomic E-state index is 0.0234. The number of benzene rings is 3. The van der Waals surface area contributed by atoms with Crippen LogP contribution >= 0.6 is 15.9 Å². The molecule has 4 nitrogen and oxygen atoms in total. The Morgan fingerprint density at radius 3 is 2.32 bits per heavy atom. The first-order chi connectivity index (χ1) is 14.8. The first-order valence-corrected chi connectivity index (χ1v) is 11.5. The van der Waals surface area contributed by atoms with Crippen LogP contribution in [0.4, 0.5) is 0 Å². The molecule has 0 bridgehead atoms. The Morgan fingerprint density at radius 2 is 1.61 bits per heavy atom. The van der Waals surface area contributed by atoms with Gasteiger partial charge in [0.1, 0.15) is 6.04 Å². The Morgan fingerprint density at radius 1 is 0.935 bits per heavy atom. The van der Waals surface area contributed by atoms with E-state index in [9.17, 15) is 9.59 Å². The molecule has 0 radical (unpaired) electrons. The largest absolute Gasteiger partial charge is 0.352 e. The number of nitrogens with one attached hydrogen (secondary N) is 1. The summed E-state index contributed by atoms with van der Waals surface area (Å²) in [6.45, 7) is 6.04. The summed E-state index contributed by atoms with van der Waals surface area (Å²) in [4.78, 5) is 27.7. The lowest BCUT2D eigenvalue weighted by atomic mass is 10.0. The van der Waals surface area contributed by atoms with Gasteiger partial charge in [-0.15, -0.1) is 0 Å². The van der Waals surface area contributed by atoms with E-state index in [1.165, 1.54) is 10.8 Å². The summed E-state index contributed by atoms with van der Waals surface area (Å²) in [5, 5.41) is 5.27. The lowest BCUT2D eigenvalue weighted by molar-refractivity contribution is -0.140. The smallest absolute Gasteiger partial charge is 0.242 e. The van der Waals surface area contributed by atoms with E-state index in [0.717, 1.165) is 15.6 Å². The highest BCUT2D eigenvalue weighted by atomic mass is 79.9. The van der Waals surface area contributed by atoms with E-state index in [2.05, 4.69) is 45.5 Å². The molecule has 0 fully saturated rings. The fraction of sp³-hybridized carbons (Fsp3) is 0.308. The average molecular weight is 481 g/mol. The Kier molecular flexibility index (Phi) is 7.85. The van der Waals surface area contributed by atoms with Gasteiger partial charge in [0.05, 0.1) is 0 Å². The molecule has 3 aromatic carbocycles. The van der Waals surface area contributed by atoms with Crippen LogP contribution in [0.2, 0.25) is 0 Å². The maximum absolute atomic E-state index is 13.3. The van der Waals surface area contributed by atoms with Crippen LogP contribution in [0.1, 0.15) is 38.3 Å². The fourth-order valence-electron chi connectivity index (χ4n) is 3.67. The maximum atomic E-state index is 13.3. The second kappa shape index (κ2) is 10.6. The molecule has 0 spiro atoms. The summed E-state index contributed by atoms with van der Waals surface area (Å²) in [6.07, 6.45) is 0.985. The van der Waals surface area contributed by atoms with E-state index >= 15 is 0 Å². The third-order valence-corrected chi connectivity index (χ3v) is 5.88. The number of nitrogens with zero attached hydrogens (tertiary/aromatic N) is 1. The van der Waals surface area contributed by atoms with Crippen LogP contribution in [0, 0.1) is 0 Å². The van der Waals surface area contributed by atoms with Crippen LogP contribution in [0.25, 0.3) is 10.8 Å². The van der Waals surface area contributed by atoms with Gasteiger partial charge in [0.25, 0.3) is 0 Å². The molecule has 0 saturated heterocycles. The third kappa shape index (κ3) is 6.17. The molecule has 162 valence electrons. The lowest BCUT2D eigenvalue weighted by Gasteiger charge is -2.29. The Hall–Kier alpha value is -2.66. The number of hydrogen-bond donors (Lipinski definition) is 1. The van der Waals surface area contributed by atoms with E-state index in [4.69, 9.17) is 0 Å². The average Bonchev–Trinajstić information content (AvgIpc) is 2.76. The van der Waals surface area contributed by atoms with Gasteiger partial charge in [0.15, 0.2) is 0 Å². The first kappa shape index (κ1) is 23.0. The molecule has 0 heterocycles. The first-order valence-electron chi connectivity index (χ1n) is 10.7. The van der Waals surface area contributed by atoms with Gasteiger partial charge in [-0.05, 0) is 61.2 Å². The summed E-state index contributed by atoms with van der Waals surface area (Å²) >= 11 is 3.45. The van der Waals surface area contributed by atoms with Crippen molar-refractivity contribution in [2.75, 3.05) is 0 Å². The highest BCUT2D eigenvalue weighted by Crippen LogP contribution is 2.21. The number of rotatable bonds is 8. The highest BCUT2D eigenvalue weighted by molar-refractivity contribution is 9.10. The Bertz CT molecular complexity index is 1040. The van der Waals surface area contributed by atoms with Crippen molar-refractivity contribution in [2.24, 2.45) is 0 Å². The van der Waals surface area contributed by atoms with Crippen molar-refractivity contribution < 1.29 is 9.59 Å². The molecular weight excluding hydrogens is 452 g/mol. The second-order valence-electron chi connectivity index (χ2n) is 8.13. The minimum atomic E-state index is -0.550. The molecule has 0 aromatic heterocycles. The molecule has 5 heteroatoms. The summed E-state index contributed by atoms with van der Waals surface area (Å²) in [5.41, 5.74) is 2.14. The predicted molar refractivity (Wildman–Crippen MR) is 130 cm³/mol. The SMILES string of the molecule is CC(C)NC(=O)[C@@H](C)N(Cc1ccc(Br)cc1)C(=O)CCc1cccc2ccccc12. The maximum Gasteiger partial charge on any atom is 0.242 e. The van der Waals surface area contributed by atoms with E-state index in [1.807, 2.05) is 56.3 Å². The third-order valence-electron chi connectivity index (χ3n) is 5.35. The topological polar surface area (TPSA) is 49.4 Å². The van der Waals surface area contributed by atoms with Gasteiger partial charge in [-0.2, -0.15) is 0 Å². The van der Waals surface area contributed by atoms with Crippen LogP contribution in [-0.4, -0.2) is 28.8 Å². The molecule has 0 saturated carbocycles. The number of halogens is 1. The minimum Gasteiger partial charge on any atom is -0.352 e. The molecule has 0 unspecified atom stereocenters. The fourth-order valence-corrected chi connectivity index (χ4v) is 3.93. The van der Waals surface area contributed by atoms with Gasteiger partial charge < -0.3 is 10.2 Å². The summed E-state index contributed by atoms with van der Waals surface area (Å²) in [5.74, 6) is -0.159. The van der Waals surface area contributed by atoms with Gasteiger partial charge in [-0.25, -0.2) is 0 Å². The van der Waals surface area contributed by atoms with Crippen LogP contribution < -0.4 is 5.32 Å². The van der Waals surface area contributed by atoms with Crippen molar-refractivity contribution in [2.45, 2.75) is 52.2 Å². The number of aryl methyl sites for hydroxylation is 1. The zero-order valence-electron chi connectivity index (χ0n) is 18.3. The van der Waals surface area contributed by atoms with Crippen molar-refractivity contribution in [1.82, 2.24) is 10.2 Å². The summed E-state index contributed by atoms with van der Waals surface area (Å²) in [7, 11) is 0. The molecule has 0 aliphatic rings. The van der Waals surface area contributed by atoms with Crippen LogP contribution in [0.15, 0.2) is 71.2 Å². The number of carbonyl (C=O) groups is 2. The number of hydrogen-bond acceptors (Lipinski definition) is 2. The van der Waals surface area contributed by atoms with Crippen molar-refractivity contribution in [3.8, 4) is 0 Å². The zero-order chi connectivity index (χ0) is 22.4. The molecular formula is C26H29BrN2O2. The lowest BCUT2D eigenvalue weighted by Crippen LogP contribution is -2.49. The van der Waals surface area contributed by atoms with Gasteiger partial charge in [0.2, 0.25) is 11.8 Å². The van der Waals surface area contributed by atoms with Crippen molar-refractivity contribution in [3.63, 3.8) is 0 Å². The standard InChI is InChI=1S/C26H29BrN2O2/c1-18(2)28-26(31)19(3)29(17-20-11-14-23(27)15-12-20)25(30)16-13-22-9-6-8-21-7-4-5-10-24(21)22/h4-12,14-15,18-19H,13,16-17H2,1-3H3,(H,28,31)/t19-/m1/s1. The normalized spacial score (nSPS) is 12.0. The monoisotopic (exact) mass is 480 g/mol. The van der Waals surface area contributed by atoms with Crippen molar-refractivity contribution >= 4 is 38.5 Å². The molecule has 0 aliphatic carbocycles. The zero-order valence-corrected chi connectivity index (χ0v) is 19.9. The Balaban J connectivity index is 1.78. The van der Waals surface area contributed by atoms with Gasteiger partial charge >= 0.3 is 0 Å². The van der Waals surface area contributed by atoms with E-state index in [0.29, 0.717) is 19.4 Å². The van der Waals surface area contributed by atoms with E-state index in [-0.39, 0.29) is 17.9 Å². The molecule has 3 aromatic rings. The van der Waals surface area contributed by atoms with Crippen LogP contribution in [-0.2, 0) is 22.6 Å². The predicted octanol–water partition coefficient (Wildman–Crippen LogP) is 5.48.